The largest absolute Gasteiger partial charge is 0.392 e. The number of fused-ring (bicyclic) bond motifs is 1. The van der Waals surface area contributed by atoms with Gasteiger partial charge < -0.3 is 5.11 Å². The molecule has 2 rings (SSSR count). The zero-order valence-electron chi connectivity index (χ0n) is 7.15. The molecule has 0 aliphatic carbocycles. The van der Waals surface area contributed by atoms with Gasteiger partial charge in [0.1, 0.15) is 0 Å². The van der Waals surface area contributed by atoms with E-state index in [1.54, 1.807) is 23.1 Å². The highest BCUT2D eigenvalue weighted by Crippen LogP contribution is 2.29. The average molecular weight is 211 g/mol. The van der Waals surface area contributed by atoms with Crippen molar-refractivity contribution in [1.29, 1.82) is 0 Å². The number of aliphatic hydroxyl groups excluding tert-OH is 1. The van der Waals surface area contributed by atoms with Gasteiger partial charge in [-0.15, -0.1) is 11.3 Å². The van der Waals surface area contributed by atoms with E-state index in [2.05, 4.69) is 4.98 Å². The molecule has 0 radical (unpaired) electrons. The van der Waals surface area contributed by atoms with E-state index in [0.717, 1.165) is 20.1 Å². The summed E-state index contributed by atoms with van der Waals surface area (Å²) in [5, 5.41) is 9.08. The fourth-order valence-corrected chi connectivity index (χ4v) is 2.73. The molecule has 2 aromatic rings. The monoisotopic (exact) mass is 211 g/mol. The van der Waals surface area contributed by atoms with Gasteiger partial charge in [-0.05, 0) is 12.3 Å². The van der Waals surface area contributed by atoms with Gasteiger partial charge >= 0.3 is 0 Å². The van der Waals surface area contributed by atoms with Crippen LogP contribution < -0.4 is 0 Å². The number of benzene rings is 1. The van der Waals surface area contributed by atoms with Crippen LogP contribution in [0.4, 0.5) is 0 Å². The number of hydrogen-bond donors (Lipinski definition) is 1. The smallest absolute Gasteiger partial charge is 0.150 e. The fourth-order valence-electron chi connectivity index (χ4n) is 1.20. The van der Waals surface area contributed by atoms with Crippen LogP contribution in [0.1, 0.15) is 5.56 Å². The summed E-state index contributed by atoms with van der Waals surface area (Å²) in [6.07, 6.45) is 2.01. The Bertz CT molecular complexity index is 424. The van der Waals surface area contributed by atoms with Gasteiger partial charge in [0, 0.05) is 5.56 Å². The van der Waals surface area contributed by atoms with Crippen LogP contribution in [0.2, 0.25) is 0 Å². The van der Waals surface area contributed by atoms with E-state index in [-0.39, 0.29) is 6.61 Å². The molecule has 68 valence electrons. The van der Waals surface area contributed by atoms with E-state index in [0.29, 0.717) is 0 Å². The molecule has 1 aromatic heterocycles. The molecule has 13 heavy (non-hydrogen) atoms. The molecule has 1 heterocycles. The lowest BCUT2D eigenvalue weighted by molar-refractivity contribution is 0.283. The Labute approximate surface area is 84.6 Å². The molecular formula is C9H9NOS2. The van der Waals surface area contributed by atoms with Crippen LogP contribution in [0, 0.1) is 0 Å². The summed E-state index contributed by atoms with van der Waals surface area (Å²) in [6.45, 7) is 0.0644. The second kappa shape index (κ2) is 3.65. The normalized spacial score (nSPS) is 10.9. The molecule has 0 atom stereocenters. The number of hydrogen-bond acceptors (Lipinski definition) is 4. The molecule has 0 aliphatic rings. The molecule has 0 unspecified atom stereocenters. The molecule has 0 aliphatic heterocycles. The number of nitrogens with zero attached hydrogens (tertiary/aromatic N) is 1. The highest BCUT2D eigenvalue weighted by atomic mass is 32.2. The lowest BCUT2D eigenvalue weighted by Gasteiger charge is -1.94. The number of para-hydroxylation sites is 1. The van der Waals surface area contributed by atoms with Crippen molar-refractivity contribution >= 4 is 33.3 Å². The molecule has 0 saturated heterocycles. The first-order chi connectivity index (χ1) is 6.35. The number of aromatic nitrogens is 1. The summed E-state index contributed by atoms with van der Waals surface area (Å²) in [5.74, 6) is 0. The molecular weight excluding hydrogens is 202 g/mol. The highest BCUT2D eigenvalue weighted by molar-refractivity contribution is 8.00. The maximum atomic E-state index is 9.08. The van der Waals surface area contributed by atoms with Crippen LogP contribution in [0.25, 0.3) is 10.2 Å². The molecule has 4 heteroatoms. The summed E-state index contributed by atoms with van der Waals surface area (Å²) >= 11 is 3.31. The first-order valence-electron chi connectivity index (χ1n) is 3.88. The minimum Gasteiger partial charge on any atom is -0.392 e. The average Bonchev–Trinajstić information content (AvgIpc) is 2.59. The zero-order chi connectivity index (χ0) is 9.26. The number of thiazole rings is 1. The second-order valence-electron chi connectivity index (χ2n) is 2.61. The first kappa shape index (κ1) is 8.99. The lowest BCUT2D eigenvalue weighted by atomic mass is 10.2. The Morgan fingerprint density at radius 3 is 3.08 bits per heavy atom. The molecule has 0 fully saturated rings. The predicted octanol–water partition coefficient (Wildman–Crippen LogP) is 2.51. The van der Waals surface area contributed by atoms with E-state index >= 15 is 0 Å². The molecule has 2 nitrogen and oxygen atoms in total. The van der Waals surface area contributed by atoms with Crippen molar-refractivity contribution < 1.29 is 5.11 Å². The van der Waals surface area contributed by atoms with E-state index < -0.39 is 0 Å². The van der Waals surface area contributed by atoms with Crippen molar-refractivity contribution in [2.45, 2.75) is 10.9 Å². The van der Waals surface area contributed by atoms with Crippen molar-refractivity contribution in [2.24, 2.45) is 0 Å². The SMILES string of the molecule is CSc1nc2c(CO)cccc2s1. The van der Waals surface area contributed by atoms with Crippen LogP contribution in [-0.4, -0.2) is 16.3 Å². The Hall–Kier alpha value is -0.580. The Balaban J connectivity index is 2.67. The molecule has 0 spiro atoms. The van der Waals surface area contributed by atoms with Crippen LogP contribution in [0.5, 0.6) is 0 Å². The molecule has 1 N–H and O–H groups in total. The van der Waals surface area contributed by atoms with E-state index in [1.807, 2.05) is 24.5 Å². The van der Waals surface area contributed by atoms with Gasteiger partial charge in [0.25, 0.3) is 0 Å². The lowest BCUT2D eigenvalue weighted by Crippen LogP contribution is -1.83. The summed E-state index contributed by atoms with van der Waals surface area (Å²) < 4.78 is 2.20. The fraction of sp³-hybridized carbons (Fsp3) is 0.222. The van der Waals surface area contributed by atoms with Crippen LogP contribution >= 0.6 is 23.1 Å². The van der Waals surface area contributed by atoms with Crippen LogP contribution in [-0.2, 0) is 6.61 Å². The van der Waals surface area contributed by atoms with Gasteiger partial charge in [0.05, 0.1) is 16.8 Å². The number of thioether (sulfide) groups is 1. The van der Waals surface area contributed by atoms with E-state index in [4.69, 9.17) is 5.11 Å². The van der Waals surface area contributed by atoms with Crippen molar-refractivity contribution in [1.82, 2.24) is 4.98 Å². The van der Waals surface area contributed by atoms with Crippen molar-refractivity contribution in [3.63, 3.8) is 0 Å². The molecule has 1 aromatic carbocycles. The summed E-state index contributed by atoms with van der Waals surface area (Å²) in [4.78, 5) is 4.42. The maximum Gasteiger partial charge on any atom is 0.150 e. The third kappa shape index (κ3) is 1.57. The van der Waals surface area contributed by atoms with Crippen molar-refractivity contribution in [3.8, 4) is 0 Å². The Morgan fingerprint density at radius 1 is 1.54 bits per heavy atom. The number of rotatable bonds is 2. The molecule has 0 saturated carbocycles. The van der Waals surface area contributed by atoms with Crippen molar-refractivity contribution in [2.75, 3.05) is 6.26 Å². The molecule has 0 amide bonds. The summed E-state index contributed by atoms with van der Waals surface area (Å²) in [7, 11) is 0. The quantitative estimate of drug-likeness (QED) is 0.775. The maximum absolute atomic E-state index is 9.08. The zero-order valence-corrected chi connectivity index (χ0v) is 8.78. The standard InChI is InChI=1S/C9H9NOS2/c1-12-9-10-8-6(5-11)3-2-4-7(8)13-9/h2-4,11H,5H2,1H3. The van der Waals surface area contributed by atoms with Crippen LogP contribution in [0.3, 0.4) is 0 Å². The number of aliphatic hydroxyl groups is 1. The minimum atomic E-state index is 0.0644. The second-order valence-corrected chi connectivity index (χ2v) is 4.69. The first-order valence-corrected chi connectivity index (χ1v) is 5.92. The third-order valence-corrected chi connectivity index (χ3v) is 3.83. The van der Waals surface area contributed by atoms with Gasteiger partial charge in [-0.2, -0.15) is 0 Å². The van der Waals surface area contributed by atoms with Gasteiger partial charge in [-0.25, -0.2) is 4.98 Å². The van der Waals surface area contributed by atoms with Gasteiger partial charge in [-0.3, -0.25) is 0 Å². The topological polar surface area (TPSA) is 33.1 Å². The third-order valence-electron chi connectivity index (χ3n) is 1.83. The van der Waals surface area contributed by atoms with Crippen LogP contribution in [0.15, 0.2) is 22.5 Å². The predicted molar refractivity (Wildman–Crippen MR) is 57.3 cm³/mol. The van der Waals surface area contributed by atoms with Crippen molar-refractivity contribution in [3.05, 3.63) is 23.8 Å². The van der Waals surface area contributed by atoms with E-state index in [1.165, 1.54) is 0 Å². The van der Waals surface area contributed by atoms with Gasteiger partial charge in [0.2, 0.25) is 0 Å². The summed E-state index contributed by atoms with van der Waals surface area (Å²) in [5.41, 5.74) is 1.86. The van der Waals surface area contributed by atoms with Gasteiger partial charge in [0.15, 0.2) is 4.34 Å². The Kier molecular flexibility index (Phi) is 2.53. The summed E-state index contributed by atoms with van der Waals surface area (Å²) in [6, 6.07) is 5.90. The van der Waals surface area contributed by atoms with E-state index in [9.17, 15) is 0 Å². The van der Waals surface area contributed by atoms with Gasteiger partial charge in [-0.1, -0.05) is 23.9 Å². The highest BCUT2D eigenvalue weighted by Gasteiger charge is 2.05. The molecule has 0 bridgehead atoms. The minimum absolute atomic E-state index is 0.0644. The Morgan fingerprint density at radius 2 is 2.38 bits per heavy atom.